The minimum absolute atomic E-state index is 0.524. The normalized spacial score (nSPS) is 48.7. The second-order valence-electron chi connectivity index (χ2n) is 8.33. The molecule has 2 bridgehead atoms. The van der Waals surface area contributed by atoms with Crippen molar-refractivity contribution in [3.05, 3.63) is 0 Å². The molecule has 3 aliphatic rings. The van der Waals surface area contributed by atoms with E-state index in [0.29, 0.717) is 22.5 Å². The summed E-state index contributed by atoms with van der Waals surface area (Å²) >= 11 is 0. The minimum Gasteiger partial charge on any atom is -0.300 e. The van der Waals surface area contributed by atoms with Crippen LogP contribution >= 0.6 is 0 Å². The van der Waals surface area contributed by atoms with Crippen LogP contribution in [0.5, 0.6) is 0 Å². The molecule has 2 unspecified atom stereocenters. The van der Waals surface area contributed by atoms with Gasteiger partial charge in [-0.15, -0.1) is 0 Å². The smallest absolute Gasteiger partial charge is 0.133 e. The first-order valence-corrected chi connectivity index (χ1v) is 8.42. The molecule has 1 heteroatoms. The Morgan fingerprint density at radius 3 is 2.47 bits per heavy atom. The molecule has 1 nitrogen and oxygen atoms in total. The largest absolute Gasteiger partial charge is 0.300 e. The van der Waals surface area contributed by atoms with Gasteiger partial charge >= 0.3 is 0 Å². The average molecular weight is 262 g/mol. The summed E-state index contributed by atoms with van der Waals surface area (Å²) in [6.45, 7) is 9.88. The highest BCUT2D eigenvalue weighted by atomic mass is 16.1. The van der Waals surface area contributed by atoms with E-state index in [1.807, 2.05) is 0 Å². The Morgan fingerprint density at radius 1 is 1.21 bits per heavy atom. The number of Topliss-reactive ketones (excluding diaryl/α,β-unsaturated/α-hetero) is 1. The van der Waals surface area contributed by atoms with Crippen LogP contribution in [-0.4, -0.2) is 5.78 Å². The molecular weight excluding hydrogens is 232 g/mol. The minimum atomic E-state index is 0.524. The van der Waals surface area contributed by atoms with E-state index in [4.69, 9.17) is 0 Å². The molecule has 0 amide bonds. The van der Waals surface area contributed by atoms with E-state index >= 15 is 0 Å². The van der Waals surface area contributed by atoms with Gasteiger partial charge in [-0.3, -0.25) is 4.79 Å². The number of ketones is 1. The Labute approximate surface area is 118 Å². The second kappa shape index (κ2) is 4.33. The SMILES string of the molecule is CCC1CC(=O)CCC1[C@@H]1C[C@H]2CC[C@]1(C)C2(C)C. The predicted octanol–water partition coefficient (Wildman–Crippen LogP) is 4.84. The molecule has 0 aliphatic heterocycles. The standard InChI is InChI=1S/C18H30O/c1-5-12-10-14(19)6-7-15(12)16-11-13-8-9-18(16,4)17(13,2)3/h12-13,15-16H,5-11H2,1-4H3/t12?,13-,15?,16+,18+/m1/s1. The second-order valence-corrected chi connectivity index (χ2v) is 8.33. The number of hydrogen-bond acceptors (Lipinski definition) is 1. The lowest BCUT2D eigenvalue weighted by molar-refractivity contribution is -0.124. The predicted molar refractivity (Wildman–Crippen MR) is 78.8 cm³/mol. The summed E-state index contributed by atoms with van der Waals surface area (Å²) in [5.74, 6) is 3.86. The Kier molecular flexibility index (Phi) is 3.11. The lowest BCUT2D eigenvalue weighted by Gasteiger charge is -2.46. The van der Waals surface area contributed by atoms with Crippen LogP contribution in [0.25, 0.3) is 0 Å². The van der Waals surface area contributed by atoms with Gasteiger partial charge in [0.05, 0.1) is 0 Å². The number of hydrogen-bond donors (Lipinski definition) is 0. The van der Waals surface area contributed by atoms with E-state index in [2.05, 4.69) is 27.7 Å². The van der Waals surface area contributed by atoms with E-state index in [1.165, 1.54) is 32.1 Å². The monoisotopic (exact) mass is 262 g/mol. The summed E-state index contributed by atoms with van der Waals surface area (Å²) in [6, 6.07) is 0. The third kappa shape index (κ3) is 1.76. The van der Waals surface area contributed by atoms with Gasteiger partial charge in [-0.25, -0.2) is 0 Å². The van der Waals surface area contributed by atoms with Crippen molar-refractivity contribution in [3.63, 3.8) is 0 Å². The van der Waals surface area contributed by atoms with E-state index in [9.17, 15) is 4.79 Å². The molecule has 0 saturated heterocycles. The summed E-state index contributed by atoms with van der Waals surface area (Å²) in [5, 5.41) is 0. The van der Waals surface area contributed by atoms with Crippen LogP contribution in [0.4, 0.5) is 0 Å². The number of carbonyl (C=O) groups is 1. The molecule has 0 aromatic carbocycles. The molecule has 0 aromatic heterocycles. The zero-order valence-electron chi connectivity index (χ0n) is 13.2. The molecule has 0 radical (unpaired) electrons. The average Bonchev–Trinajstić information content (AvgIpc) is 2.71. The van der Waals surface area contributed by atoms with E-state index < -0.39 is 0 Å². The quantitative estimate of drug-likeness (QED) is 0.695. The van der Waals surface area contributed by atoms with Crippen molar-refractivity contribution in [2.24, 2.45) is 34.5 Å². The van der Waals surface area contributed by atoms with Gasteiger partial charge in [0.1, 0.15) is 5.78 Å². The molecule has 3 saturated carbocycles. The van der Waals surface area contributed by atoms with Crippen LogP contribution in [-0.2, 0) is 4.79 Å². The van der Waals surface area contributed by atoms with Crippen molar-refractivity contribution < 1.29 is 4.79 Å². The highest BCUT2D eigenvalue weighted by Crippen LogP contribution is 2.70. The van der Waals surface area contributed by atoms with Crippen molar-refractivity contribution in [2.45, 2.75) is 72.6 Å². The van der Waals surface area contributed by atoms with Crippen molar-refractivity contribution >= 4 is 5.78 Å². The Hall–Kier alpha value is -0.330. The van der Waals surface area contributed by atoms with Gasteiger partial charge in [-0.2, -0.15) is 0 Å². The van der Waals surface area contributed by atoms with Crippen LogP contribution in [0.1, 0.15) is 72.6 Å². The molecule has 5 atom stereocenters. The Morgan fingerprint density at radius 2 is 1.95 bits per heavy atom. The third-order valence-corrected chi connectivity index (χ3v) is 7.75. The van der Waals surface area contributed by atoms with Gasteiger partial charge in [0.2, 0.25) is 0 Å². The molecule has 0 spiro atoms. The Balaban J connectivity index is 1.85. The van der Waals surface area contributed by atoms with E-state index in [-0.39, 0.29) is 0 Å². The molecule has 0 N–H and O–H groups in total. The van der Waals surface area contributed by atoms with Gasteiger partial charge in [0, 0.05) is 12.8 Å². The van der Waals surface area contributed by atoms with Gasteiger partial charge in [-0.05, 0) is 60.2 Å². The zero-order valence-corrected chi connectivity index (χ0v) is 13.2. The summed E-state index contributed by atoms with van der Waals surface area (Å²) < 4.78 is 0. The first-order valence-electron chi connectivity index (χ1n) is 8.42. The van der Waals surface area contributed by atoms with Crippen molar-refractivity contribution in [3.8, 4) is 0 Å². The number of fused-ring (bicyclic) bond motifs is 2. The summed E-state index contributed by atoms with van der Waals surface area (Å²) in [5.41, 5.74) is 1.06. The summed E-state index contributed by atoms with van der Waals surface area (Å²) in [4.78, 5) is 11.8. The molecular formula is C18H30O. The molecule has 3 fully saturated rings. The number of rotatable bonds is 2. The van der Waals surface area contributed by atoms with Crippen molar-refractivity contribution in [2.75, 3.05) is 0 Å². The van der Waals surface area contributed by atoms with Gasteiger partial charge in [0.15, 0.2) is 0 Å². The highest BCUT2D eigenvalue weighted by Gasteiger charge is 2.63. The third-order valence-electron chi connectivity index (χ3n) is 7.75. The maximum atomic E-state index is 11.8. The first-order chi connectivity index (χ1) is 8.90. The molecule has 3 rings (SSSR count). The van der Waals surface area contributed by atoms with Crippen LogP contribution in [0, 0.1) is 34.5 Å². The topological polar surface area (TPSA) is 17.1 Å². The zero-order chi connectivity index (χ0) is 13.8. The van der Waals surface area contributed by atoms with Crippen LogP contribution in [0.15, 0.2) is 0 Å². The van der Waals surface area contributed by atoms with Crippen molar-refractivity contribution in [1.29, 1.82) is 0 Å². The first kappa shape index (κ1) is 13.6. The fourth-order valence-electron chi connectivity index (χ4n) is 6.00. The van der Waals surface area contributed by atoms with Crippen LogP contribution in [0.3, 0.4) is 0 Å². The maximum Gasteiger partial charge on any atom is 0.133 e. The molecule has 108 valence electrons. The molecule has 3 aliphatic carbocycles. The van der Waals surface area contributed by atoms with Crippen LogP contribution < -0.4 is 0 Å². The fourth-order valence-corrected chi connectivity index (χ4v) is 6.00. The highest BCUT2D eigenvalue weighted by molar-refractivity contribution is 5.79. The van der Waals surface area contributed by atoms with Gasteiger partial charge in [0.25, 0.3) is 0 Å². The van der Waals surface area contributed by atoms with Gasteiger partial charge in [-0.1, -0.05) is 34.1 Å². The van der Waals surface area contributed by atoms with E-state index in [1.54, 1.807) is 0 Å². The molecule has 0 heterocycles. The van der Waals surface area contributed by atoms with E-state index in [0.717, 1.165) is 30.6 Å². The fraction of sp³-hybridized carbons (Fsp3) is 0.944. The number of carbonyl (C=O) groups excluding carboxylic acids is 1. The maximum absolute atomic E-state index is 11.8. The van der Waals surface area contributed by atoms with Crippen LogP contribution in [0.2, 0.25) is 0 Å². The lowest BCUT2D eigenvalue weighted by atomic mass is 9.58. The molecule has 19 heavy (non-hydrogen) atoms. The summed E-state index contributed by atoms with van der Waals surface area (Å²) in [6.07, 6.45) is 8.43. The molecule has 0 aromatic rings. The Bertz CT molecular complexity index is 383. The van der Waals surface area contributed by atoms with Gasteiger partial charge < -0.3 is 0 Å². The van der Waals surface area contributed by atoms with Crippen molar-refractivity contribution in [1.82, 2.24) is 0 Å². The lowest BCUT2D eigenvalue weighted by Crippen LogP contribution is -2.40. The summed E-state index contributed by atoms with van der Waals surface area (Å²) in [7, 11) is 0.